The lowest BCUT2D eigenvalue weighted by atomic mass is 10.0. The molecule has 6 heteroatoms. The van der Waals surface area contributed by atoms with Gasteiger partial charge in [0.1, 0.15) is 5.76 Å². The molecule has 2 aromatic heterocycles. The molecule has 6 nitrogen and oxygen atoms in total. The van der Waals surface area contributed by atoms with Crippen LogP contribution in [0.4, 0.5) is 5.95 Å². The molecule has 0 saturated carbocycles. The Morgan fingerprint density at radius 3 is 2.34 bits per heavy atom. The molecule has 0 aliphatic heterocycles. The van der Waals surface area contributed by atoms with E-state index in [2.05, 4.69) is 22.4 Å². The molecule has 2 aromatic carbocycles. The third-order valence-electron chi connectivity index (χ3n) is 4.92. The van der Waals surface area contributed by atoms with E-state index in [-0.39, 0.29) is 11.5 Å². The van der Waals surface area contributed by atoms with Crippen LogP contribution in [0.2, 0.25) is 0 Å². The Hall–Kier alpha value is -3.64. The maximum absolute atomic E-state index is 12.3. The molecule has 3 N–H and O–H groups in total. The fraction of sp³-hybridized carbons (Fsp3) is 0.231. The van der Waals surface area contributed by atoms with E-state index in [9.17, 15) is 4.79 Å². The van der Waals surface area contributed by atoms with Gasteiger partial charge in [0.05, 0.1) is 12.0 Å². The highest BCUT2D eigenvalue weighted by atomic mass is 16.3. The van der Waals surface area contributed by atoms with Crippen molar-refractivity contribution in [1.82, 2.24) is 14.9 Å². The predicted molar refractivity (Wildman–Crippen MR) is 129 cm³/mol. The summed E-state index contributed by atoms with van der Waals surface area (Å²) in [7, 11) is 0. The predicted octanol–water partition coefficient (Wildman–Crippen LogP) is 4.17. The first kappa shape index (κ1) is 23.0. The highest BCUT2D eigenvalue weighted by Gasteiger charge is 2.07. The van der Waals surface area contributed by atoms with Gasteiger partial charge in [-0.05, 0) is 43.1 Å². The minimum Gasteiger partial charge on any atom is -0.464 e. The van der Waals surface area contributed by atoms with Crippen LogP contribution in [0.25, 0.3) is 11.3 Å². The van der Waals surface area contributed by atoms with E-state index in [0.717, 1.165) is 35.5 Å². The number of anilines is 1. The second kappa shape index (κ2) is 12.3. The standard InChI is InChI=1S/C20H24N4O2.C6H6/c1-2-22-10-11-24-19(25)14-17(23-20(24)21)9-8-15-5-3-6-16(13-15)18-7-4-12-26-18;1-2-4-6-5-3-1/h3-7,12-14,22H,2,8-11H2,1H3,(H2,21,23);1-6H. The van der Waals surface area contributed by atoms with E-state index < -0.39 is 0 Å². The largest absolute Gasteiger partial charge is 0.464 e. The average molecular weight is 431 g/mol. The van der Waals surface area contributed by atoms with Gasteiger partial charge >= 0.3 is 0 Å². The first-order valence-electron chi connectivity index (χ1n) is 10.9. The number of aryl methyl sites for hydroxylation is 2. The normalized spacial score (nSPS) is 10.4. The average Bonchev–Trinajstić information content (AvgIpc) is 3.36. The summed E-state index contributed by atoms with van der Waals surface area (Å²) in [6.07, 6.45) is 3.11. The second-order valence-corrected chi connectivity index (χ2v) is 7.28. The number of nitrogens with one attached hydrogen (secondary N) is 1. The molecule has 2 heterocycles. The molecule has 32 heavy (non-hydrogen) atoms. The monoisotopic (exact) mass is 430 g/mol. The Morgan fingerprint density at radius 2 is 1.72 bits per heavy atom. The number of furan rings is 1. The van der Waals surface area contributed by atoms with Crippen LogP contribution in [0.3, 0.4) is 0 Å². The highest BCUT2D eigenvalue weighted by Crippen LogP contribution is 2.21. The van der Waals surface area contributed by atoms with E-state index in [0.29, 0.717) is 19.5 Å². The number of likely N-dealkylation sites (N-methyl/N-ethyl adjacent to an activating group) is 1. The number of nitrogen functional groups attached to an aromatic ring is 1. The van der Waals surface area contributed by atoms with Gasteiger partial charge in [-0.2, -0.15) is 0 Å². The van der Waals surface area contributed by atoms with E-state index in [4.69, 9.17) is 10.2 Å². The van der Waals surface area contributed by atoms with Crippen LogP contribution < -0.4 is 16.6 Å². The van der Waals surface area contributed by atoms with E-state index >= 15 is 0 Å². The lowest BCUT2D eigenvalue weighted by molar-refractivity contribution is 0.582. The zero-order chi connectivity index (χ0) is 22.6. The molecule has 0 atom stereocenters. The molecule has 0 aliphatic rings. The van der Waals surface area contributed by atoms with Crippen molar-refractivity contribution in [3.05, 3.63) is 107 Å². The number of hydrogen-bond acceptors (Lipinski definition) is 5. The molecule has 0 fully saturated rings. The van der Waals surface area contributed by atoms with Gasteiger partial charge in [-0.15, -0.1) is 0 Å². The number of aromatic nitrogens is 2. The molecule has 0 amide bonds. The molecule has 166 valence electrons. The smallest absolute Gasteiger partial charge is 0.255 e. The van der Waals surface area contributed by atoms with Gasteiger partial charge in [-0.3, -0.25) is 9.36 Å². The SMILES string of the molecule is CCNCCn1c(N)nc(CCc2cccc(-c3ccco3)c2)cc1=O.c1ccccc1. The molecule has 0 aliphatic carbocycles. The first-order chi connectivity index (χ1) is 15.7. The Bertz CT molecular complexity index is 1100. The molecule has 0 spiro atoms. The van der Waals surface area contributed by atoms with Gasteiger partial charge in [0, 0.05) is 24.7 Å². The molecule has 0 radical (unpaired) electrons. The van der Waals surface area contributed by atoms with Gasteiger partial charge < -0.3 is 15.5 Å². The molecule has 0 unspecified atom stereocenters. The third kappa shape index (κ3) is 6.96. The van der Waals surface area contributed by atoms with Crippen molar-refractivity contribution >= 4 is 5.95 Å². The van der Waals surface area contributed by atoms with Crippen molar-refractivity contribution in [2.75, 3.05) is 18.8 Å². The Labute approximate surface area is 188 Å². The van der Waals surface area contributed by atoms with Crippen LogP contribution in [0.1, 0.15) is 18.2 Å². The summed E-state index contributed by atoms with van der Waals surface area (Å²) in [6.45, 7) is 4.10. The van der Waals surface area contributed by atoms with Gasteiger partial charge in [0.25, 0.3) is 5.56 Å². The zero-order valence-electron chi connectivity index (χ0n) is 18.4. The van der Waals surface area contributed by atoms with Gasteiger partial charge in [0.15, 0.2) is 0 Å². The molecule has 4 aromatic rings. The maximum atomic E-state index is 12.3. The van der Waals surface area contributed by atoms with Gasteiger partial charge in [-0.1, -0.05) is 61.5 Å². The Balaban J connectivity index is 0.000000416. The van der Waals surface area contributed by atoms with E-state index in [1.165, 1.54) is 4.57 Å². The molecule has 0 bridgehead atoms. The third-order valence-corrected chi connectivity index (χ3v) is 4.92. The molecular weight excluding hydrogens is 400 g/mol. The highest BCUT2D eigenvalue weighted by molar-refractivity contribution is 5.58. The Kier molecular flexibility index (Phi) is 8.83. The maximum Gasteiger partial charge on any atom is 0.255 e. The van der Waals surface area contributed by atoms with Crippen molar-refractivity contribution in [3.8, 4) is 11.3 Å². The number of hydrogen-bond donors (Lipinski definition) is 2. The van der Waals surface area contributed by atoms with Crippen molar-refractivity contribution in [2.24, 2.45) is 0 Å². The van der Waals surface area contributed by atoms with Crippen molar-refractivity contribution in [1.29, 1.82) is 0 Å². The molecule has 0 saturated heterocycles. The number of nitrogens with zero attached hydrogens (tertiary/aromatic N) is 2. The summed E-state index contributed by atoms with van der Waals surface area (Å²) >= 11 is 0. The van der Waals surface area contributed by atoms with Crippen LogP contribution in [0.15, 0.2) is 94.3 Å². The first-order valence-corrected chi connectivity index (χ1v) is 10.9. The number of benzene rings is 2. The number of rotatable bonds is 8. The lowest BCUT2D eigenvalue weighted by Gasteiger charge is -2.10. The summed E-state index contributed by atoms with van der Waals surface area (Å²) in [5.74, 6) is 1.12. The minimum atomic E-state index is -0.102. The van der Waals surface area contributed by atoms with E-state index in [1.807, 2.05) is 67.6 Å². The van der Waals surface area contributed by atoms with Crippen LogP contribution in [-0.2, 0) is 19.4 Å². The van der Waals surface area contributed by atoms with Crippen molar-refractivity contribution in [2.45, 2.75) is 26.3 Å². The summed E-state index contributed by atoms with van der Waals surface area (Å²) < 4.78 is 6.95. The fourth-order valence-electron chi connectivity index (χ4n) is 3.27. The summed E-state index contributed by atoms with van der Waals surface area (Å²) in [4.78, 5) is 16.7. The van der Waals surface area contributed by atoms with E-state index in [1.54, 1.807) is 12.3 Å². The summed E-state index contributed by atoms with van der Waals surface area (Å²) in [5, 5.41) is 3.18. The minimum absolute atomic E-state index is 0.102. The van der Waals surface area contributed by atoms with Crippen molar-refractivity contribution in [3.63, 3.8) is 0 Å². The van der Waals surface area contributed by atoms with Gasteiger partial charge in [0.2, 0.25) is 5.95 Å². The topological polar surface area (TPSA) is 86.1 Å². The van der Waals surface area contributed by atoms with Crippen molar-refractivity contribution < 1.29 is 4.42 Å². The van der Waals surface area contributed by atoms with Crippen LogP contribution in [-0.4, -0.2) is 22.6 Å². The lowest BCUT2D eigenvalue weighted by Crippen LogP contribution is -2.29. The quantitative estimate of drug-likeness (QED) is 0.410. The summed E-state index contributed by atoms with van der Waals surface area (Å²) in [5.41, 5.74) is 8.79. The summed E-state index contributed by atoms with van der Waals surface area (Å²) in [6, 6.07) is 25.6. The van der Waals surface area contributed by atoms with Crippen LogP contribution in [0, 0.1) is 0 Å². The van der Waals surface area contributed by atoms with Gasteiger partial charge in [-0.25, -0.2) is 4.98 Å². The fourth-order valence-corrected chi connectivity index (χ4v) is 3.27. The van der Waals surface area contributed by atoms with Crippen LogP contribution >= 0.6 is 0 Å². The second-order valence-electron chi connectivity index (χ2n) is 7.28. The molecular formula is C26H30N4O2. The number of nitrogens with two attached hydrogens (primary N) is 1. The zero-order valence-corrected chi connectivity index (χ0v) is 18.4. The van der Waals surface area contributed by atoms with Crippen LogP contribution in [0.5, 0.6) is 0 Å². The Morgan fingerprint density at radius 1 is 0.969 bits per heavy atom. The molecule has 4 rings (SSSR count).